The Bertz CT molecular complexity index is 754. The Labute approximate surface area is 134 Å². The van der Waals surface area contributed by atoms with Crippen LogP contribution in [0.4, 0.5) is 4.79 Å². The Morgan fingerprint density at radius 1 is 1.30 bits per heavy atom. The monoisotopic (exact) mass is 314 g/mol. The lowest BCUT2D eigenvalue weighted by molar-refractivity contribution is -0.132. The van der Waals surface area contributed by atoms with E-state index in [2.05, 4.69) is 5.32 Å². The summed E-state index contributed by atoms with van der Waals surface area (Å²) >= 11 is 0. The molecule has 23 heavy (non-hydrogen) atoms. The molecule has 0 aliphatic carbocycles. The van der Waals surface area contributed by atoms with Crippen LogP contribution in [0, 0.1) is 6.92 Å². The second-order valence-corrected chi connectivity index (χ2v) is 5.73. The summed E-state index contributed by atoms with van der Waals surface area (Å²) in [4.78, 5) is 26.1. The van der Waals surface area contributed by atoms with E-state index < -0.39 is 11.6 Å². The van der Waals surface area contributed by atoms with Crippen molar-refractivity contribution in [2.45, 2.75) is 25.9 Å². The van der Waals surface area contributed by atoms with Gasteiger partial charge in [0.15, 0.2) is 5.54 Å². The van der Waals surface area contributed by atoms with Gasteiger partial charge in [-0.25, -0.2) is 4.79 Å². The van der Waals surface area contributed by atoms with Crippen LogP contribution >= 0.6 is 0 Å². The SMILES string of the molecule is COc1ccc(CN2C(=O)NC(C)(c3ccco3)C2=O)cc1C. The number of amides is 3. The Morgan fingerprint density at radius 3 is 2.70 bits per heavy atom. The molecule has 3 amide bonds. The molecule has 0 saturated carbocycles. The van der Waals surface area contributed by atoms with E-state index >= 15 is 0 Å². The van der Waals surface area contributed by atoms with E-state index in [-0.39, 0.29) is 12.5 Å². The summed E-state index contributed by atoms with van der Waals surface area (Å²) in [6, 6.07) is 8.52. The van der Waals surface area contributed by atoms with Crippen LogP contribution in [0.15, 0.2) is 41.0 Å². The van der Waals surface area contributed by atoms with Crippen molar-refractivity contribution in [3.63, 3.8) is 0 Å². The van der Waals surface area contributed by atoms with Crippen molar-refractivity contribution in [1.82, 2.24) is 10.2 Å². The third-order valence-electron chi connectivity index (χ3n) is 4.09. The predicted octanol–water partition coefficient (Wildman–Crippen LogP) is 2.56. The molecule has 1 saturated heterocycles. The van der Waals surface area contributed by atoms with Crippen molar-refractivity contribution >= 4 is 11.9 Å². The summed E-state index contributed by atoms with van der Waals surface area (Å²) in [6.07, 6.45) is 1.48. The van der Waals surface area contributed by atoms with Crippen molar-refractivity contribution in [3.05, 3.63) is 53.5 Å². The minimum Gasteiger partial charge on any atom is -0.496 e. The molecule has 6 nitrogen and oxygen atoms in total. The fraction of sp³-hybridized carbons (Fsp3) is 0.294. The maximum atomic E-state index is 12.7. The number of benzene rings is 1. The lowest BCUT2D eigenvalue weighted by Crippen LogP contribution is -2.40. The highest BCUT2D eigenvalue weighted by atomic mass is 16.5. The van der Waals surface area contributed by atoms with Crippen molar-refractivity contribution in [2.75, 3.05) is 7.11 Å². The van der Waals surface area contributed by atoms with Gasteiger partial charge in [-0.05, 0) is 43.2 Å². The minimum atomic E-state index is -1.16. The first-order chi connectivity index (χ1) is 11.0. The zero-order valence-corrected chi connectivity index (χ0v) is 13.3. The topological polar surface area (TPSA) is 71.8 Å². The molecule has 2 aromatic rings. The first-order valence-electron chi connectivity index (χ1n) is 7.27. The van der Waals surface area contributed by atoms with Crippen LogP contribution in [0.3, 0.4) is 0 Å². The van der Waals surface area contributed by atoms with Gasteiger partial charge in [-0.1, -0.05) is 12.1 Å². The highest BCUT2D eigenvalue weighted by Crippen LogP contribution is 2.30. The normalized spacial score (nSPS) is 20.7. The zero-order chi connectivity index (χ0) is 16.6. The van der Waals surface area contributed by atoms with Gasteiger partial charge in [-0.2, -0.15) is 0 Å². The number of nitrogens with one attached hydrogen (secondary N) is 1. The van der Waals surface area contributed by atoms with Gasteiger partial charge in [-0.3, -0.25) is 9.69 Å². The van der Waals surface area contributed by atoms with E-state index in [1.165, 1.54) is 11.2 Å². The largest absolute Gasteiger partial charge is 0.496 e. The van der Waals surface area contributed by atoms with E-state index in [1.807, 2.05) is 25.1 Å². The van der Waals surface area contributed by atoms with Crippen LogP contribution < -0.4 is 10.1 Å². The number of hydrogen-bond donors (Lipinski definition) is 1. The van der Waals surface area contributed by atoms with Crippen LogP contribution in [0.1, 0.15) is 23.8 Å². The average Bonchev–Trinajstić information content (AvgIpc) is 3.12. The van der Waals surface area contributed by atoms with Gasteiger partial charge >= 0.3 is 6.03 Å². The predicted molar refractivity (Wildman–Crippen MR) is 82.9 cm³/mol. The lowest BCUT2D eigenvalue weighted by Gasteiger charge is -2.19. The molecule has 1 atom stereocenters. The molecule has 3 rings (SSSR count). The molecule has 0 radical (unpaired) electrons. The number of rotatable bonds is 4. The minimum absolute atomic E-state index is 0.200. The van der Waals surface area contributed by atoms with Crippen molar-refractivity contribution < 1.29 is 18.7 Å². The Hall–Kier alpha value is -2.76. The van der Waals surface area contributed by atoms with E-state index in [4.69, 9.17) is 9.15 Å². The fourth-order valence-electron chi connectivity index (χ4n) is 2.79. The summed E-state index contributed by atoms with van der Waals surface area (Å²) in [7, 11) is 1.61. The van der Waals surface area contributed by atoms with Gasteiger partial charge in [-0.15, -0.1) is 0 Å². The number of furan rings is 1. The number of ether oxygens (including phenoxy) is 1. The number of urea groups is 1. The second kappa shape index (κ2) is 5.46. The van der Waals surface area contributed by atoms with Gasteiger partial charge < -0.3 is 14.5 Å². The number of hydrogen-bond acceptors (Lipinski definition) is 4. The number of methoxy groups -OCH3 is 1. The molecule has 1 fully saturated rings. The van der Waals surface area contributed by atoms with E-state index in [0.717, 1.165) is 16.9 Å². The molecule has 1 aliphatic rings. The highest BCUT2D eigenvalue weighted by molar-refractivity contribution is 6.06. The zero-order valence-electron chi connectivity index (χ0n) is 13.3. The molecule has 0 bridgehead atoms. The van der Waals surface area contributed by atoms with E-state index in [1.54, 1.807) is 26.2 Å². The van der Waals surface area contributed by atoms with Crippen molar-refractivity contribution in [3.8, 4) is 5.75 Å². The Kier molecular flexibility index (Phi) is 3.60. The number of nitrogens with zero attached hydrogens (tertiary/aromatic N) is 1. The summed E-state index contributed by atoms with van der Waals surface area (Å²) in [5, 5.41) is 2.71. The van der Waals surface area contributed by atoms with Crippen molar-refractivity contribution in [1.29, 1.82) is 0 Å². The molecule has 1 aromatic carbocycles. The summed E-state index contributed by atoms with van der Waals surface area (Å²) < 4.78 is 10.5. The molecular weight excluding hydrogens is 296 g/mol. The summed E-state index contributed by atoms with van der Waals surface area (Å²) in [5.74, 6) is 0.863. The smallest absolute Gasteiger partial charge is 0.325 e. The first kappa shape index (κ1) is 15.1. The van der Waals surface area contributed by atoms with E-state index in [0.29, 0.717) is 5.76 Å². The molecule has 0 spiro atoms. The van der Waals surface area contributed by atoms with Gasteiger partial charge in [0.05, 0.1) is 19.9 Å². The molecule has 1 aromatic heterocycles. The number of carbonyl (C=O) groups is 2. The lowest BCUT2D eigenvalue weighted by atomic mass is 9.99. The van der Waals surface area contributed by atoms with Crippen molar-refractivity contribution in [2.24, 2.45) is 0 Å². The third-order valence-corrected chi connectivity index (χ3v) is 4.09. The maximum absolute atomic E-state index is 12.7. The van der Waals surface area contributed by atoms with Crippen LogP contribution in [0.2, 0.25) is 0 Å². The van der Waals surface area contributed by atoms with Crippen LogP contribution in [0.25, 0.3) is 0 Å². The molecule has 1 aliphatic heterocycles. The highest BCUT2D eigenvalue weighted by Gasteiger charge is 2.50. The van der Waals surface area contributed by atoms with Gasteiger partial charge in [0.25, 0.3) is 5.91 Å². The summed E-state index contributed by atoms with van der Waals surface area (Å²) in [5.41, 5.74) is 0.642. The van der Waals surface area contributed by atoms with Crippen LogP contribution in [0.5, 0.6) is 5.75 Å². The number of imide groups is 1. The molecule has 6 heteroatoms. The van der Waals surface area contributed by atoms with E-state index in [9.17, 15) is 9.59 Å². The van der Waals surface area contributed by atoms with Gasteiger partial charge in [0, 0.05) is 0 Å². The number of aryl methyl sites for hydroxylation is 1. The Balaban J connectivity index is 1.85. The molecular formula is C17H18N2O4. The fourth-order valence-corrected chi connectivity index (χ4v) is 2.79. The molecule has 2 heterocycles. The Morgan fingerprint density at radius 2 is 2.09 bits per heavy atom. The molecule has 120 valence electrons. The average molecular weight is 314 g/mol. The van der Waals surface area contributed by atoms with Crippen LogP contribution in [-0.2, 0) is 16.9 Å². The quantitative estimate of drug-likeness (QED) is 0.880. The van der Waals surface area contributed by atoms with Gasteiger partial charge in [0.2, 0.25) is 0 Å². The summed E-state index contributed by atoms with van der Waals surface area (Å²) in [6.45, 7) is 3.76. The van der Waals surface area contributed by atoms with Gasteiger partial charge in [0.1, 0.15) is 11.5 Å². The standard InChI is InChI=1S/C17H18N2O4/c1-11-9-12(6-7-13(11)22-3)10-19-15(20)17(2,18-16(19)21)14-5-4-8-23-14/h4-9H,10H2,1-3H3,(H,18,21). The maximum Gasteiger partial charge on any atom is 0.325 e. The van der Waals surface area contributed by atoms with Crippen LogP contribution in [-0.4, -0.2) is 23.9 Å². The molecule has 1 unspecified atom stereocenters. The third kappa shape index (κ3) is 2.46. The molecule has 1 N–H and O–H groups in total. The second-order valence-electron chi connectivity index (χ2n) is 5.73. The first-order valence-corrected chi connectivity index (χ1v) is 7.27. The number of carbonyl (C=O) groups excluding carboxylic acids is 2.